The molecule has 0 fully saturated rings. The lowest BCUT2D eigenvalue weighted by Crippen LogP contribution is -2.32. The number of rotatable bonds is 6. The third-order valence-electron chi connectivity index (χ3n) is 4.40. The number of halogens is 1. The number of amides is 2. The molecule has 0 unspecified atom stereocenters. The van der Waals surface area contributed by atoms with E-state index in [2.05, 4.69) is 36.8 Å². The number of anilines is 1. The van der Waals surface area contributed by atoms with Gasteiger partial charge >= 0.3 is 0 Å². The standard InChI is InChI=1S/C23H17BrN4O3/c24-18-8-4-5-9-19(18)26-20(29)14-25-21(30)15-10-12-17(13-11-15)23-28-27-22(31-23)16-6-2-1-3-7-16/h1-13H,14H2,(H,25,30)(H,26,29). The zero-order chi connectivity index (χ0) is 21.6. The number of nitrogens with one attached hydrogen (secondary N) is 2. The maximum absolute atomic E-state index is 12.4. The SMILES string of the molecule is O=C(CNC(=O)c1ccc(-c2nnc(-c3ccccc3)o2)cc1)Nc1ccccc1Br. The summed E-state index contributed by atoms with van der Waals surface area (Å²) in [7, 11) is 0. The van der Waals surface area contributed by atoms with Gasteiger partial charge in [0.15, 0.2) is 0 Å². The molecule has 7 nitrogen and oxygen atoms in total. The highest BCUT2D eigenvalue weighted by atomic mass is 79.9. The second-order valence-electron chi connectivity index (χ2n) is 6.57. The number of nitrogens with zero attached hydrogens (tertiary/aromatic N) is 2. The zero-order valence-electron chi connectivity index (χ0n) is 16.2. The van der Waals surface area contributed by atoms with E-state index in [9.17, 15) is 9.59 Å². The van der Waals surface area contributed by atoms with Crippen LogP contribution in [0.1, 0.15) is 10.4 Å². The van der Waals surface area contributed by atoms with Crippen LogP contribution < -0.4 is 10.6 Å². The zero-order valence-corrected chi connectivity index (χ0v) is 17.8. The molecule has 0 aliphatic carbocycles. The molecule has 4 rings (SSSR count). The van der Waals surface area contributed by atoms with Crippen LogP contribution in [0.5, 0.6) is 0 Å². The lowest BCUT2D eigenvalue weighted by molar-refractivity contribution is -0.115. The number of benzene rings is 3. The fourth-order valence-electron chi connectivity index (χ4n) is 2.82. The fraction of sp³-hybridized carbons (Fsp3) is 0.0435. The van der Waals surface area contributed by atoms with Crippen molar-refractivity contribution < 1.29 is 14.0 Å². The highest BCUT2D eigenvalue weighted by Gasteiger charge is 2.13. The molecule has 2 N–H and O–H groups in total. The molecule has 0 saturated carbocycles. The quantitative estimate of drug-likeness (QED) is 0.425. The van der Waals surface area contributed by atoms with Crippen LogP contribution in [0.25, 0.3) is 22.9 Å². The number of carbonyl (C=O) groups is 2. The van der Waals surface area contributed by atoms with Gasteiger partial charge in [0, 0.05) is 21.2 Å². The van der Waals surface area contributed by atoms with Crippen molar-refractivity contribution in [2.75, 3.05) is 11.9 Å². The third-order valence-corrected chi connectivity index (χ3v) is 5.09. The summed E-state index contributed by atoms with van der Waals surface area (Å²) in [6, 6.07) is 23.4. The van der Waals surface area contributed by atoms with Gasteiger partial charge in [-0.2, -0.15) is 0 Å². The Morgan fingerprint density at radius 2 is 1.42 bits per heavy atom. The van der Waals surface area contributed by atoms with E-state index in [4.69, 9.17) is 4.42 Å². The summed E-state index contributed by atoms with van der Waals surface area (Å²) in [6.07, 6.45) is 0. The molecule has 4 aromatic rings. The van der Waals surface area contributed by atoms with Crippen LogP contribution >= 0.6 is 15.9 Å². The summed E-state index contributed by atoms with van der Waals surface area (Å²) in [5.74, 6) is 0.104. The minimum absolute atomic E-state index is 0.147. The molecule has 1 heterocycles. The Bertz CT molecular complexity index is 1210. The number of aromatic nitrogens is 2. The molecule has 0 atom stereocenters. The summed E-state index contributed by atoms with van der Waals surface area (Å²) >= 11 is 3.36. The van der Waals surface area contributed by atoms with Crippen molar-refractivity contribution in [3.8, 4) is 22.9 Å². The minimum atomic E-state index is -0.357. The summed E-state index contributed by atoms with van der Waals surface area (Å²) in [5.41, 5.74) is 2.58. The molecule has 3 aromatic carbocycles. The van der Waals surface area contributed by atoms with Crippen molar-refractivity contribution >= 4 is 33.4 Å². The number of hydrogen-bond donors (Lipinski definition) is 2. The van der Waals surface area contributed by atoms with Crippen molar-refractivity contribution in [1.82, 2.24) is 15.5 Å². The molecule has 8 heteroatoms. The maximum atomic E-state index is 12.4. The molecule has 0 saturated heterocycles. The molecule has 1 aromatic heterocycles. The Labute approximate surface area is 186 Å². The first-order valence-electron chi connectivity index (χ1n) is 9.42. The number of hydrogen-bond acceptors (Lipinski definition) is 5. The van der Waals surface area contributed by atoms with E-state index in [0.717, 1.165) is 10.0 Å². The molecule has 0 radical (unpaired) electrons. The topological polar surface area (TPSA) is 97.1 Å². The summed E-state index contributed by atoms with van der Waals surface area (Å²) in [6.45, 7) is -0.147. The molecule has 0 aliphatic rings. The highest BCUT2D eigenvalue weighted by molar-refractivity contribution is 9.10. The van der Waals surface area contributed by atoms with Gasteiger partial charge in [0.25, 0.3) is 5.91 Å². The van der Waals surface area contributed by atoms with E-state index >= 15 is 0 Å². The Kier molecular flexibility index (Phi) is 6.18. The second kappa shape index (κ2) is 9.36. The molecule has 154 valence electrons. The maximum Gasteiger partial charge on any atom is 0.251 e. The van der Waals surface area contributed by atoms with Gasteiger partial charge < -0.3 is 15.1 Å². The van der Waals surface area contributed by atoms with Gasteiger partial charge in [-0.25, -0.2) is 0 Å². The van der Waals surface area contributed by atoms with Crippen molar-refractivity contribution in [2.24, 2.45) is 0 Å². The Morgan fingerprint density at radius 3 is 2.10 bits per heavy atom. The average Bonchev–Trinajstić information content (AvgIpc) is 3.30. The largest absolute Gasteiger partial charge is 0.416 e. The van der Waals surface area contributed by atoms with Gasteiger partial charge in [0.2, 0.25) is 17.7 Å². The first-order chi connectivity index (χ1) is 15.1. The molecule has 2 amide bonds. The predicted molar refractivity (Wildman–Crippen MR) is 120 cm³/mol. The first kappa shape index (κ1) is 20.5. The van der Waals surface area contributed by atoms with E-state index in [1.54, 1.807) is 30.3 Å². The van der Waals surface area contributed by atoms with Gasteiger partial charge in [-0.15, -0.1) is 10.2 Å². The fourth-order valence-corrected chi connectivity index (χ4v) is 3.20. The molecule has 0 aliphatic heterocycles. The lowest BCUT2D eigenvalue weighted by Gasteiger charge is -2.08. The van der Waals surface area contributed by atoms with Crippen molar-refractivity contribution in [1.29, 1.82) is 0 Å². The summed E-state index contributed by atoms with van der Waals surface area (Å²) in [5, 5.41) is 13.5. The van der Waals surface area contributed by atoms with Crippen LogP contribution in [0.3, 0.4) is 0 Å². The predicted octanol–water partition coefficient (Wildman–Crippen LogP) is 4.53. The van der Waals surface area contributed by atoms with Crippen LogP contribution in [0.15, 0.2) is 87.8 Å². The van der Waals surface area contributed by atoms with Gasteiger partial charge in [-0.1, -0.05) is 30.3 Å². The Balaban J connectivity index is 1.36. The van der Waals surface area contributed by atoms with Crippen LogP contribution in [-0.4, -0.2) is 28.6 Å². The third kappa shape index (κ3) is 5.04. The molecule has 31 heavy (non-hydrogen) atoms. The van der Waals surface area contributed by atoms with Gasteiger partial charge in [-0.05, 0) is 64.5 Å². The summed E-state index contributed by atoms with van der Waals surface area (Å²) in [4.78, 5) is 24.4. The smallest absolute Gasteiger partial charge is 0.251 e. The average molecular weight is 477 g/mol. The second-order valence-corrected chi connectivity index (χ2v) is 7.42. The van der Waals surface area contributed by atoms with E-state index in [1.807, 2.05) is 48.5 Å². The molecule has 0 bridgehead atoms. The van der Waals surface area contributed by atoms with Crippen LogP contribution in [-0.2, 0) is 4.79 Å². The van der Waals surface area contributed by atoms with Crippen LogP contribution in [0, 0.1) is 0 Å². The number of carbonyl (C=O) groups excluding carboxylic acids is 2. The van der Waals surface area contributed by atoms with Gasteiger partial charge in [0.1, 0.15) is 0 Å². The normalized spacial score (nSPS) is 10.5. The monoisotopic (exact) mass is 476 g/mol. The van der Waals surface area contributed by atoms with E-state index < -0.39 is 0 Å². The van der Waals surface area contributed by atoms with Crippen LogP contribution in [0.2, 0.25) is 0 Å². The van der Waals surface area contributed by atoms with E-state index in [0.29, 0.717) is 28.6 Å². The highest BCUT2D eigenvalue weighted by Crippen LogP contribution is 2.24. The summed E-state index contributed by atoms with van der Waals surface area (Å²) < 4.78 is 6.49. The molecular formula is C23H17BrN4O3. The Morgan fingerprint density at radius 1 is 0.806 bits per heavy atom. The first-order valence-corrected chi connectivity index (χ1v) is 10.2. The van der Waals surface area contributed by atoms with Crippen molar-refractivity contribution in [3.63, 3.8) is 0 Å². The number of para-hydroxylation sites is 1. The van der Waals surface area contributed by atoms with Gasteiger partial charge in [0.05, 0.1) is 12.2 Å². The van der Waals surface area contributed by atoms with E-state index in [1.165, 1.54) is 0 Å². The van der Waals surface area contributed by atoms with Gasteiger partial charge in [-0.3, -0.25) is 9.59 Å². The van der Waals surface area contributed by atoms with Crippen LogP contribution in [0.4, 0.5) is 5.69 Å². The Hall–Kier alpha value is -3.78. The lowest BCUT2D eigenvalue weighted by atomic mass is 10.1. The van der Waals surface area contributed by atoms with Crippen molar-refractivity contribution in [2.45, 2.75) is 0 Å². The molecule has 0 spiro atoms. The molecular weight excluding hydrogens is 460 g/mol. The minimum Gasteiger partial charge on any atom is -0.416 e. The van der Waals surface area contributed by atoms with E-state index in [-0.39, 0.29) is 18.4 Å². The van der Waals surface area contributed by atoms with Crippen molar-refractivity contribution in [3.05, 3.63) is 88.9 Å².